The molecule has 0 radical (unpaired) electrons. The molecule has 1 aliphatic carbocycles. The van der Waals surface area contributed by atoms with Gasteiger partial charge in [-0.25, -0.2) is 0 Å². The van der Waals surface area contributed by atoms with Gasteiger partial charge >= 0.3 is 6.18 Å². The number of alkyl halides is 3. The molecular formula is C27H29F3. The molecule has 1 aliphatic rings. The summed E-state index contributed by atoms with van der Waals surface area (Å²) in [6.07, 6.45) is 3.87. The fourth-order valence-electron chi connectivity index (χ4n) is 5.15. The van der Waals surface area contributed by atoms with Crippen molar-refractivity contribution in [3.63, 3.8) is 0 Å². The molecule has 0 aliphatic heterocycles. The number of aryl methyl sites for hydroxylation is 1. The smallest absolute Gasteiger partial charge is 0.166 e. The van der Waals surface area contributed by atoms with E-state index in [1.807, 2.05) is 0 Å². The van der Waals surface area contributed by atoms with Crippen LogP contribution in [-0.4, -0.2) is 0 Å². The molecule has 4 rings (SSSR count). The predicted molar refractivity (Wildman–Crippen MR) is 118 cm³/mol. The average Bonchev–Trinajstić information content (AvgIpc) is 2.75. The molecule has 0 unspecified atom stereocenters. The van der Waals surface area contributed by atoms with E-state index in [-0.39, 0.29) is 5.92 Å². The first kappa shape index (κ1) is 21.0. The van der Waals surface area contributed by atoms with Crippen LogP contribution in [-0.2, 0) is 12.6 Å². The lowest BCUT2D eigenvalue weighted by atomic mass is 9.69. The number of halogens is 3. The first-order chi connectivity index (χ1) is 14.5. The van der Waals surface area contributed by atoms with E-state index in [0.29, 0.717) is 5.92 Å². The quantitative estimate of drug-likeness (QED) is 0.357. The van der Waals surface area contributed by atoms with Crippen LogP contribution in [0.1, 0.15) is 73.6 Å². The van der Waals surface area contributed by atoms with Crippen molar-refractivity contribution in [2.45, 2.75) is 64.0 Å². The monoisotopic (exact) mass is 410 g/mol. The second-order valence-corrected chi connectivity index (χ2v) is 8.60. The summed E-state index contributed by atoms with van der Waals surface area (Å²) in [5.41, 5.74) is 3.13. The van der Waals surface area contributed by atoms with Crippen molar-refractivity contribution in [3.8, 4) is 0 Å². The number of hydrogen-bond donors (Lipinski definition) is 0. The van der Waals surface area contributed by atoms with E-state index in [1.54, 1.807) is 12.1 Å². The maximum Gasteiger partial charge on any atom is 0.416 e. The van der Waals surface area contributed by atoms with Crippen LogP contribution in [0.25, 0.3) is 10.8 Å². The number of benzene rings is 3. The summed E-state index contributed by atoms with van der Waals surface area (Å²) in [4.78, 5) is 0. The summed E-state index contributed by atoms with van der Waals surface area (Å²) in [6.45, 7) is 2.22. The molecule has 0 spiro atoms. The van der Waals surface area contributed by atoms with Gasteiger partial charge in [0.05, 0.1) is 5.56 Å². The van der Waals surface area contributed by atoms with Gasteiger partial charge in [-0.2, -0.15) is 13.2 Å². The Morgan fingerprint density at radius 3 is 2.37 bits per heavy atom. The highest BCUT2D eigenvalue weighted by Crippen LogP contribution is 2.45. The van der Waals surface area contributed by atoms with E-state index < -0.39 is 11.7 Å². The van der Waals surface area contributed by atoms with Crippen LogP contribution in [0.2, 0.25) is 0 Å². The van der Waals surface area contributed by atoms with Crippen LogP contribution in [0, 0.1) is 5.92 Å². The molecule has 3 heteroatoms. The molecule has 0 N–H and O–H groups in total. The van der Waals surface area contributed by atoms with Gasteiger partial charge in [0.25, 0.3) is 0 Å². The molecule has 0 heterocycles. The van der Waals surface area contributed by atoms with Gasteiger partial charge in [0.2, 0.25) is 0 Å². The lowest BCUT2D eigenvalue weighted by Gasteiger charge is -2.35. The first-order valence-electron chi connectivity index (χ1n) is 11.2. The summed E-state index contributed by atoms with van der Waals surface area (Å²) in [6, 6.07) is 18.8. The van der Waals surface area contributed by atoms with Crippen molar-refractivity contribution in [1.82, 2.24) is 0 Å². The minimum atomic E-state index is -4.29. The lowest BCUT2D eigenvalue weighted by molar-refractivity contribution is -0.137. The molecule has 0 aromatic heterocycles. The van der Waals surface area contributed by atoms with E-state index in [9.17, 15) is 13.2 Å². The van der Waals surface area contributed by atoms with Gasteiger partial charge in [-0.15, -0.1) is 0 Å². The van der Waals surface area contributed by atoms with Crippen LogP contribution >= 0.6 is 0 Å². The van der Waals surface area contributed by atoms with Gasteiger partial charge in [0, 0.05) is 5.92 Å². The average molecular weight is 411 g/mol. The minimum absolute atomic E-state index is 0.169. The van der Waals surface area contributed by atoms with Crippen LogP contribution in [0.3, 0.4) is 0 Å². The third-order valence-electron chi connectivity index (χ3n) is 6.67. The molecular weight excluding hydrogens is 381 g/mol. The zero-order valence-corrected chi connectivity index (χ0v) is 17.5. The highest BCUT2D eigenvalue weighted by Gasteiger charge is 2.33. The SMILES string of the molecule is CCCCCC[C@@H]1CCc2c(ccc3ccccc23)[C@H]1c1ccc(C(F)(F)F)cc1. The topological polar surface area (TPSA) is 0 Å². The van der Waals surface area contributed by atoms with Crippen LogP contribution in [0.4, 0.5) is 13.2 Å². The number of unbranched alkanes of at least 4 members (excludes halogenated alkanes) is 3. The summed E-state index contributed by atoms with van der Waals surface area (Å²) in [5, 5.41) is 2.53. The Morgan fingerprint density at radius 1 is 0.867 bits per heavy atom. The summed E-state index contributed by atoms with van der Waals surface area (Å²) in [7, 11) is 0. The molecule has 2 atom stereocenters. The van der Waals surface area contributed by atoms with Crippen LogP contribution < -0.4 is 0 Å². The van der Waals surface area contributed by atoms with Crippen molar-refractivity contribution in [1.29, 1.82) is 0 Å². The Bertz CT molecular complexity index is 985. The summed E-state index contributed by atoms with van der Waals surface area (Å²) in [5.74, 6) is 0.648. The highest BCUT2D eigenvalue weighted by atomic mass is 19.4. The molecule has 3 aromatic carbocycles. The highest BCUT2D eigenvalue weighted by molar-refractivity contribution is 5.87. The molecule has 0 saturated carbocycles. The maximum absolute atomic E-state index is 13.1. The second kappa shape index (κ2) is 8.83. The van der Waals surface area contributed by atoms with Crippen molar-refractivity contribution < 1.29 is 13.2 Å². The standard InChI is InChI=1S/C27H29F3/c1-2-3-4-5-9-20-14-17-24-23-10-7-6-8-19(23)13-18-25(24)26(20)21-11-15-22(16-12-21)27(28,29)30/h6-8,10-13,15-16,18,20,26H,2-5,9,14,17H2,1H3/t20-,26-/m1/s1. The normalized spacial score (nSPS) is 19.1. The second-order valence-electron chi connectivity index (χ2n) is 8.60. The Kier molecular flexibility index (Phi) is 6.17. The Hall–Kier alpha value is -2.29. The van der Waals surface area contributed by atoms with E-state index in [1.165, 1.54) is 59.7 Å². The zero-order chi connectivity index (χ0) is 21.1. The molecule has 0 amide bonds. The number of hydrogen-bond acceptors (Lipinski definition) is 0. The number of fused-ring (bicyclic) bond motifs is 3. The Labute approximate surface area is 177 Å². The molecule has 0 bridgehead atoms. The predicted octanol–water partition coefficient (Wildman–Crippen LogP) is 8.52. The third kappa shape index (κ3) is 4.26. The van der Waals surface area contributed by atoms with E-state index in [4.69, 9.17) is 0 Å². The van der Waals surface area contributed by atoms with Crippen molar-refractivity contribution in [2.75, 3.05) is 0 Å². The van der Waals surface area contributed by atoms with E-state index in [0.717, 1.165) is 24.8 Å². The summed E-state index contributed by atoms with van der Waals surface area (Å²) >= 11 is 0. The van der Waals surface area contributed by atoms with Gasteiger partial charge < -0.3 is 0 Å². The Morgan fingerprint density at radius 2 is 1.63 bits per heavy atom. The molecule has 158 valence electrons. The van der Waals surface area contributed by atoms with Gasteiger partial charge in [-0.1, -0.05) is 81.1 Å². The van der Waals surface area contributed by atoms with Gasteiger partial charge in [0.15, 0.2) is 0 Å². The Balaban J connectivity index is 1.73. The van der Waals surface area contributed by atoms with Gasteiger partial charge in [0.1, 0.15) is 0 Å². The zero-order valence-electron chi connectivity index (χ0n) is 17.5. The van der Waals surface area contributed by atoms with Gasteiger partial charge in [-0.3, -0.25) is 0 Å². The fraction of sp³-hybridized carbons (Fsp3) is 0.407. The van der Waals surface area contributed by atoms with Crippen molar-refractivity contribution in [3.05, 3.63) is 82.9 Å². The first-order valence-corrected chi connectivity index (χ1v) is 11.2. The van der Waals surface area contributed by atoms with E-state index >= 15 is 0 Å². The minimum Gasteiger partial charge on any atom is -0.166 e. The largest absolute Gasteiger partial charge is 0.416 e. The lowest BCUT2D eigenvalue weighted by Crippen LogP contribution is -2.22. The van der Waals surface area contributed by atoms with Crippen molar-refractivity contribution in [2.24, 2.45) is 5.92 Å². The fourth-order valence-corrected chi connectivity index (χ4v) is 5.15. The number of rotatable bonds is 6. The molecule has 0 fully saturated rings. The third-order valence-corrected chi connectivity index (χ3v) is 6.67. The molecule has 0 nitrogen and oxygen atoms in total. The van der Waals surface area contributed by atoms with Crippen molar-refractivity contribution >= 4 is 10.8 Å². The van der Waals surface area contributed by atoms with Crippen LogP contribution in [0.15, 0.2) is 60.7 Å². The molecule has 3 aromatic rings. The molecule has 0 saturated heterocycles. The maximum atomic E-state index is 13.1. The summed E-state index contributed by atoms with van der Waals surface area (Å²) < 4.78 is 39.3. The van der Waals surface area contributed by atoms with Crippen LogP contribution in [0.5, 0.6) is 0 Å². The molecule has 30 heavy (non-hydrogen) atoms. The van der Waals surface area contributed by atoms with Gasteiger partial charge in [-0.05, 0) is 64.8 Å². The van der Waals surface area contributed by atoms with E-state index in [2.05, 4.69) is 43.3 Å².